The van der Waals surface area contributed by atoms with Crippen molar-refractivity contribution in [3.05, 3.63) is 60.5 Å². The molecule has 0 atom stereocenters. The van der Waals surface area contributed by atoms with Crippen molar-refractivity contribution < 1.29 is 4.79 Å². The Hall–Kier alpha value is -1.96. The zero-order valence-electron chi connectivity index (χ0n) is 7.71. The molecule has 2 nitrogen and oxygen atoms in total. The lowest BCUT2D eigenvalue weighted by molar-refractivity contribution is -0.104. The second-order valence-corrected chi connectivity index (χ2v) is 2.55. The van der Waals surface area contributed by atoms with Crippen LogP contribution in [0.15, 0.2) is 54.9 Å². The van der Waals surface area contributed by atoms with Crippen molar-refractivity contribution in [2.45, 2.75) is 0 Å². The molecule has 0 spiro atoms. The first-order valence-electron chi connectivity index (χ1n) is 4.28. The monoisotopic (exact) mass is 185 g/mol. The molecule has 0 saturated carbocycles. The average molecular weight is 185 g/mol. The number of pyridine rings is 1. The van der Waals surface area contributed by atoms with E-state index in [-0.39, 0.29) is 0 Å². The van der Waals surface area contributed by atoms with E-state index >= 15 is 0 Å². The van der Waals surface area contributed by atoms with Gasteiger partial charge in [-0.2, -0.15) is 0 Å². The summed E-state index contributed by atoms with van der Waals surface area (Å²) in [5.74, 6) is 0. The van der Waals surface area contributed by atoms with Crippen LogP contribution < -0.4 is 0 Å². The summed E-state index contributed by atoms with van der Waals surface area (Å²) in [6.07, 6.45) is 14.9. The van der Waals surface area contributed by atoms with E-state index in [0.717, 1.165) is 11.8 Å². The van der Waals surface area contributed by atoms with Crippen molar-refractivity contribution in [1.82, 2.24) is 4.98 Å². The third-order valence-corrected chi connectivity index (χ3v) is 1.50. The van der Waals surface area contributed by atoms with E-state index in [1.54, 1.807) is 24.5 Å². The maximum Gasteiger partial charge on any atom is 0.142 e. The fourth-order valence-corrected chi connectivity index (χ4v) is 0.879. The van der Waals surface area contributed by atoms with E-state index in [4.69, 9.17) is 0 Å². The normalized spacial score (nSPS) is 11.7. The largest absolute Gasteiger partial charge is 0.299 e. The van der Waals surface area contributed by atoms with Crippen LogP contribution in [0, 0.1) is 0 Å². The van der Waals surface area contributed by atoms with Crippen LogP contribution in [0.4, 0.5) is 0 Å². The summed E-state index contributed by atoms with van der Waals surface area (Å²) in [5, 5.41) is 0. The average Bonchev–Trinajstić information content (AvgIpc) is 2.25. The van der Waals surface area contributed by atoms with Crippen LogP contribution in [-0.2, 0) is 4.79 Å². The number of hydrogen-bond donors (Lipinski definition) is 0. The first-order valence-corrected chi connectivity index (χ1v) is 4.28. The first-order chi connectivity index (χ1) is 6.93. The van der Waals surface area contributed by atoms with Crippen LogP contribution in [0.5, 0.6) is 0 Å². The Balaban J connectivity index is 2.45. The lowest BCUT2D eigenvalue weighted by Crippen LogP contribution is -1.71. The second kappa shape index (κ2) is 6.54. The van der Waals surface area contributed by atoms with Gasteiger partial charge >= 0.3 is 0 Å². The molecule has 0 radical (unpaired) electrons. The molecule has 0 bridgehead atoms. The molecule has 0 amide bonds. The number of rotatable bonds is 4. The summed E-state index contributed by atoms with van der Waals surface area (Å²) in [5.41, 5.74) is 1.05. The highest BCUT2D eigenvalue weighted by Gasteiger charge is 1.79. The van der Waals surface area contributed by atoms with E-state index in [9.17, 15) is 4.79 Å². The molecule has 70 valence electrons. The van der Waals surface area contributed by atoms with Crippen molar-refractivity contribution in [2.24, 2.45) is 0 Å². The van der Waals surface area contributed by atoms with Gasteiger partial charge in [0.15, 0.2) is 0 Å². The Morgan fingerprint density at radius 3 is 2.57 bits per heavy atom. The first kappa shape index (κ1) is 10.1. The van der Waals surface area contributed by atoms with Crippen LogP contribution >= 0.6 is 0 Å². The lowest BCUT2D eigenvalue weighted by atomic mass is 10.2. The van der Waals surface area contributed by atoms with Gasteiger partial charge in [-0.05, 0) is 17.7 Å². The van der Waals surface area contributed by atoms with Crippen LogP contribution in [0.1, 0.15) is 5.56 Å². The van der Waals surface area contributed by atoms with Crippen LogP contribution in [0.3, 0.4) is 0 Å². The summed E-state index contributed by atoms with van der Waals surface area (Å²) in [6.45, 7) is 0. The van der Waals surface area contributed by atoms with Crippen molar-refractivity contribution in [3.8, 4) is 0 Å². The number of aldehydes is 1. The molecule has 1 rings (SSSR count). The Labute approximate surface area is 83.3 Å². The molecule has 1 heterocycles. The van der Waals surface area contributed by atoms with Crippen molar-refractivity contribution >= 4 is 12.4 Å². The number of carbonyl (C=O) groups is 1. The molecule has 0 aliphatic heterocycles. The number of hydrogen-bond acceptors (Lipinski definition) is 2. The molecule has 0 aromatic carbocycles. The minimum absolute atomic E-state index is 0.745. The fourth-order valence-electron chi connectivity index (χ4n) is 0.879. The maximum absolute atomic E-state index is 9.91. The highest BCUT2D eigenvalue weighted by molar-refractivity contribution is 5.65. The van der Waals surface area contributed by atoms with Crippen LogP contribution in [0.25, 0.3) is 6.08 Å². The van der Waals surface area contributed by atoms with E-state index in [1.807, 2.05) is 30.4 Å². The second-order valence-electron chi connectivity index (χ2n) is 2.55. The van der Waals surface area contributed by atoms with Crippen LogP contribution in [0.2, 0.25) is 0 Å². The van der Waals surface area contributed by atoms with Gasteiger partial charge in [0.25, 0.3) is 0 Å². The predicted molar refractivity (Wildman–Crippen MR) is 57.6 cm³/mol. The van der Waals surface area contributed by atoms with E-state index in [2.05, 4.69) is 4.98 Å². The van der Waals surface area contributed by atoms with Gasteiger partial charge in [0.05, 0.1) is 0 Å². The smallest absolute Gasteiger partial charge is 0.142 e. The minimum Gasteiger partial charge on any atom is -0.299 e. The fraction of sp³-hybridized carbons (Fsp3) is 0. The molecule has 1 aromatic rings. The van der Waals surface area contributed by atoms with Gasteiger partial charge in [0, 0.05) is 12.4 Å². The Bertz CT molecular complexity index is 350. The van der Waals surface area contributed by atoms with Gasteiger partial charge < -0.3 is 0 Å². The molecule has 0 aliphatic rings. The highest BCUT2D eigenvalue weighted by Crippen LogP contribution is 1.98. The van der Waals surface area contributed by atoms with E-state index < -0.39 is 0 Å². The number of allylic oxidation sites excluding steroid dienone is 5. The van der Waals surface area contributed by atoms with Gasteiger partial charge in [0.2, 0.25) is 0 Å². The van der Waals surface area contributed by atoms with Crippen molar-refractivity contribution in [1.29, 1.82) is 0 Å². The topological polar surface area (TPSA) is 30.0 Å². The highest BCUT2D eigenvalue weighted by atomic mass is 16.1. The summed E-state index contributed by atoms with van der Waals surface area (Å²) in [6, 6.07) is 3.86. The zero-order chi connectivity index (χ0) is 10.1. The Morgan fingerprint density at radius 1 is 1.07 bits per heavy atom. The van der Waals surface area contributed by atoms with Gasteiger partial charge in [-0.15, -0.1) is 0 Å². The van der Waals surface area contributed by atoms with Crippen molar-refractivity contribution in [3.63, 3.8) is 0 Å². The SMILES string of the molecule is O=C/C=C/C=C/C=C/c1cccnc1. The van der Waals surface area contributed by atoms with E-state index in [0.29, 0.717) is 0 Å². The molecular weight excluding hydrogens is 174 g/mol. The van der Waals surface area contributed by atoms with E-state index in [1.165, 1.54) is 6.08 Å². The zero-order valence-corrected chi connectivity index (χ0v) is 7.71. The molecule has 0 fully saturated rings. The lowest BCUT2D eigenvalue weighted by Gasteiger charge is -1.87. The van der Waals surface area contributed by atoms with Gasteiger partial charge in [-0.25, -0.2) is 0 Å². The third-order valence-electron chi connectivity index (χ3n) is 1.50. The summed E-state index contributed by atoms with van der Waals surface area (Å²) in [7, 11) is 0. The molecular formula is C12H11NO. The number of carbonyl (C=O) groups excluding carboxylic acids is 1. The van der Waals surface area contributed by atoms with Crippen molar-refractivity contribution in [2.75, 3.05) is 0 Å². The standard InChI is InChI=1S/C12H11NO/c14-10-5-3-1-2-4-7-12-8-6-9-13-11-12/h1-11H/b2-1+,5-3+,7-4+. The van der Waals surface area contributed by atoms with Gasteiger partial charge in [0.1, 0.15) is 6.29 Å². The number of aromatic nitrogens is 1. The predicted octanol–water partition coefficient (Wildman–Crippen LogP) is 2.41. The molecule has 14 heavy (non-hydrogen) atoms. The third kappa shape index (κ3) is 4.16. The molecule has 1 aromatic heterocycles. The summed E-state index contributed by atoms with van der Waals surface area (Å²) in [4.78, 5) is 13.9. The Kier molecular flexibility index (Phi) is 4.73. The number of nitrogens with zero attached hydrogens (tertiary/aromatic N) is 1. The summed E-state index contributed by atoms with van der Waals surface area (Å²) < 4.78 is 0. The van der Waals surface area contributed by atoms with Gasteiger partial charge in [-0.1, -0.05) is 36.4 Å². The molecule has 0 N–H and O–H groups in total. The molecule has 2 heteroatoms. The molecule has 0 aliphatic carbocycles. The quantitative estimate of drug-likeness (QED) is 0.409. The molecule has 0 saturated heterocycles. The molecule has 0 unspecified atom stereocenters. The maximum atomic E-state index is 9.91. The van der Waals surface area contributed by atoms with Crippen LogP contribution in [-0.4, -0.2) is 11.3 Å². The van der Waals surface area contributed by atoms with Gasteiger partial charge in [-0.3, -0.25) is 9.78 Å². The Morgan fingerprint density at radius 2 is 1.86 bits per heavy atom. The minimum atomic E-state index is 0.745. The summed E-state index contributed by atoms with van der Waals surface area (Å²) >= 11 is 0.